The van der Waals surface area contributed by atoms with Gasteiger partial charge in [-0.1, -0.05) is 17.7 Å². The number of carbonyl (C=O) groups is 1. The molecule has 0 aliphatic carbocycles. The summed E-state index contributed by atoms with van der Waals surface area (Å²) in [4.78, 5) is 13.1. The lowest BCUT2D eigenvalue weighted by atomic mass is 10.1. The van der Waals surface area contributed by atoms with Crippen LogP contribution in [0, 0.1) is 5.82 Å². The lowest BCUT2D eigenvalue weighted by molar-refractivity contribution is -0.885. The van der Waals surface area contributed by atoms with Crippen LogP contribution in [-0.4, -0.2) is 40.8 Å². The van der Waals surface area contributed by atoms with Crippen molar-refractivity contribution < 1.29 is 28.3 Å². The molecule has 1 unspecified atom stereocenters. The maximum absolute atomic E-state index is 13.9. The van der Waals surface area contributed by atoms with Gasteiger partial charge in [0.05, 0.1) is 39.0 Å². The molecule has 0 heterocycles. The van der Waals surface area contributed by atoms with Crippen LogP contribution in [0.2, 0.25) is 5.02 Å². The number of halogens is 2. The highest BCUT2D eigenvalue weighted by atomic mass is 35.5. The quantitative estimate of drug-likeness (QED) is 0.661. The number of hydrogen-bond acceptors (Lipinski definition) is 4. The molecule has 0 saturated heterocycles. The molecule has 0 bridgehead atoms. The summed E-state index contributed by atoms with van der Waals surface area (Å²) in [6.07, 6.45) is 0. The van der Waals surface area contributed by atoms with Gasteiger partial charge in [-0.2, -0.15) is 0 Å². The van der Waals surface area contributed by atoms with Crippen LogP contribution in [0.4, 0.5) is 4.39 Å². The minimum Gasteiger partial charge on any atom is -0.496 e. The molecule has 2 rings (SSSR count). The molecule has 8 heteroatoms. The zero-order valence-corrected chi connectivity index (χ0v) is 17.2. The van der Waals surface area contributed by atoms with Crippen LogP contribution in [0.1, 0.15) is 11.1 Å². The number of carbonyl (C=O) groups excluding carboxylic acids is 1. The molecule has 1 amide bonds. The molecule has 0 fully saturated rings. The van der Waals surface area contributed by atoms with E-state index in [1.807, 2.05) is 0 Å². The summed E-state index contributed by atoms with van der Waals surface area (Å²) in [6.45, 7) is 0.731. The van der Waals surface area contributed by atoms with E-state index in [1.165, 1.54) is 6.07 Å². The fraction of sp³-hybridized carbons (Fsp3) is 0.350. The first-order valence-electron chi connectivity index (χ1n) is 8.69. The van der Waals surface area contributed by atoms with Crippen molar-refractivity contribution in [3.8, 4) is 17.2 Å². The second kappa shape index (κ2) is 10.1. The monoisotopic (exact) mass is 411 g/mol. The molecule has 2 aromatic rings. The molecule has 6 nitrogen and oxygen atoms in total. The Bertz CT molecular complexity index is 812. The van der Waals surface area contributed by atoms with Crippen LogP contribution in [-0.2, 0) is 17.9 Å². The van der Waals surface area contributed by atoms with E-state index in [9.17, 15) is 9.18 Å². The van der Waals surface area contributed by atoms with Gasteiger partial charge in [-0.25, -0.2) is 4.39 Å². The second-order valence-electron chi connectivity index (χ2n) is 6.31. The van der Waals surface area contributed by atoms with Gasteiger partial charge >= 0.3 is 0 Å². The molecule has 1 atom stereocenters. The SMILES string of the molecule is COc1cc(OC)c(OC)cc1CNC(=O)C[NH+](C)Cc1c(F)cccc1Cl. The molecule has 0 saturated carbocycles. The molecule has 2 N–H and O–H groups in total. The maximum atomic E-state index is 13.9. The minimum absolute atomic E-state index is 0.167. The number of ether oxygens (including phenoxy) is 3. The Balaban J connectivity index is 1.98. The zero-order chi connectivity index (χ0) is 20.7. The summed E-state index contributed by atoms with van der Waals surface area (Å²) in [7, 11) is 6.43. The largest absolute Gasteiger partial charge is 0.496 e. The maximum Gasteiger partial charge on any atom is 0.275 e. The Morgan fingerprint density at radius 2 is 1.75 bits per heavy atom. The van der Waals surface area contributed by atoms with Gasteiger partial charge in [0.15, 0.2) is 18.0 Å². The summed E-state index contributed by atoms with van der Waals surface area (Å²) < 4.78 is 29.8. The molecule has 0 aliphatic rings. The summed E-state index contributed by atoms with van der Waals surface area (Å²) in [5.41, 5.74) is 1.15. The Morgan fingerprint density at radius 1 is 1.11 bits per heavy atom. The molecule has 0 spiro atoms. The highest BCUT2D eigenvalue weighted by Gasteiger charge is 2.17. The third-order valence-corrected chi connectivity index (χ3v) is 4.62. The predicted octanol–water partition coefficient (Wildman–Crippen LogP) is 1.84. The van der Waals surface area contributed by atoms with E-state index < -0.39 is 0 Å². The van der Waals surface area contributed by atoms with Gasteiger partial charge in [0.2, 0.25) is 0 Å². The van der Waals surface area contributed by atoms with Crippen molar-refractivity contribution >= 4 is 17.5 Å². The van der Waals surface area contributed by atoms with Crippen molar-refractivity contribution in [2.45, 2.75) is 13.1 Å². The molecular weight excluding hydrogens is 387 g/mol. The standard InChI is InChI=1S/C20H24ClFN2O4/c1-24(11-14-15(21)6-5-7-16(14)22)12-20(25)23-10-13-8-18(27-3)19(28-4)9-17(13)26-2/h5-9H,10-12H2,1-4H3,(H,23,25)/p+1. The van der Waals surface area contributed by atoms with E-state index in [2.05, 4.69) is 5.32 Å². The minimum atomic E-state index is -0.373. The van der Waals surface area contributed by atoms with Gasteiger partial charge in [-0.3, -0.25) is 4.79 Å². The number of benzene rings is 2. The molecule has 152 valence electrons. The van der Waals surface area contributed by atoms with Crippen molar-refractivity contribution in [2.24, 2.45) is 0 Å². The Hall–Kier alpha value is -2.51. The fourth-order valence-corrected chi connectivity index (χ4v) is 3.06. The summed E-state index contributed by atoms with van der Waals surface area (Å²) in [5.74, 6) is 1.12. The van der Waals surface area contributed by atoms with Gasteiger partial charge in [-0.05, 0) is 18.2 Å². The molecule has 2 aromatic carbocycles. The van der Waals surface area contributed by atoms with Crippen LogP contribution in [0.25, 0.3) is 0 Å². The highest BCUT2D eigenvalue weighted by molar-refractivity contribution is 6.31. The second-order valence-corrected chi connectivity index (χ2v) is 6.71. The predicted molar refractivity (Wildman–Crippen MR) is 105 cm³/mol. The van der Waals surface area contributed by atoms with E-state index in [1.54, 1.807) is 52.6 Å². The Kier molecular flexibility index (Phi) is 7.90. The molecule has 28 heavy (non-hydrogen) atoms. The van der Waals surface area contributed by atoms with Crippen LogP contribution < -0.4 is 24.4 Å². The first kappa shape index (κ1) is 21.8. The van der Waals surface area contributed by atoms with Gasteiger partial charge in [0, 0.05) is 18.2 Å². The average Bonchev–Trinajstić information content (AvgIpc) is 2.68. The lowest BCUT2D eigenvalue weighted by Gasteiger charge is -2.17. The Morgan fingerprint density at radius 3 is 2.36 bits per heavy atom. The Labute approximate surface area is 169 Å². The first-order chi connectivity index (χ1) is 13.4. The molecular formula is C20H25ClFN2O4+. The smallest absolute Gasteiger partial charge is 0.275 e. The third kappa shape index (κ3) is 5.50. The van der Waals surface area contributed by atoms with Crippen molar-refractivity contribution in [1.82, 2.24) is 5.32 Å². The van der Waals surface area contributed by atoms with E-state index in [0.29, 0.717) is 34.4 Å². The number of hydrogen-bond donors (Lipinski definition) is 2. The number of amides is 1. The van der Waals surface area contributed by atoms with Gasteiger partial charge < -0.3 is 24.4 Å². The van der Waals surface area contributed by atoms with Gasteiger partial charge in [0.1, 0.15) is 18.1 Å². The number of methoxy groups -OCH3 is 3. The first-order valence-corrected chi connectivity index (χ1v) is 9.07. The van der Waals surface area contributed by atoms with E-state index in [4.69, 9.17) is 25.8 Å². The van der Waals surface area contributed by atoms with E-state index in [-0.39, 0.29) is 24.8 Å². The zero-order valence-electron chi connectivity index (χ0n) is 16.4. The number of likely N-dealkylation sites (N-methyl/N-ethyl adjacent to an activating group) is 1. The number of quaternary nitrogens is 1. The van der Waals surface area contributed by atoms with Gasteiger partial charge in [0.25, 0.3) is 5.91 Å². The van der Waals surface area contributed by atoms with Crippen molar-refractivity contribution in [2.75, 3.05) is 34.9 Å². The summed E-state index contributed by atoms with van der Waals surface area (Å²) in [5, 5.41) is 3.20. The van der Waals surface area contributed by atoms with Crippen LogP contribution >= 0.6 is 11.6 Å². The topological polar surface area (TPSA) is 61.2 Å². The van der Waals surface area contributed by atoms with E-state index in [0.717, 1.165) is 10.5 Å². The molecule has 0 aliphatic heterocycles. The number of nitrogens with one attached hydrogen (secondary N) is 2. The van der Waals surface area contributed by atoms with Crippen LogP contribution in [0.3, 0.4) is 0 Å². The highest BCUT2D eigenvalue weighted by Crippen LogP contribution is 2.34. The number of rotatable bonds is 9. The van der Waals surface area contributed by atoms with Crippen molar-refractivity contribution in [3.63, 3.8) is 0 Å². The van der Waals surface area contributed by atoms with Crippen molar-refractivity contribution in [3.05, 3.63) is 52.3 Å². The van der Waals surface area contributed by atoms with E-state index >= 15 is 0 Å². The average molecular weight is 412 g/mol. The summed E-state index contributed by atoms with van der Waals surface area (Å²) >= 11 is 6.05. The van der Waals surface area contributed by atoms with Gasteiger partial charge in [-0.15, -0.1) is 0 Å². The van der Waals surface area contributed by atoms with Crippen molar-refractivity contribution in [1.29, 1.82) is 0 Å². The lowest BCUT2D eigenvalue weighted by Crippen LogP contribution is -3.09. The normalized spacial score (nSPS) is 11.6. The third-order valence-electron chi connectivity index (χ3n) is 4.27. The molecule has 0 aromatic heterocycles. The fourth-order valence-electron chi connectivity index (χ4n) is 2.83. The van der Waals surface area contributed by atoms with Crippen LogP contribution in [0.5, 0.6) is 17.2 Å². The molecule has 0 radical (unpaired) electrons. The van der Waals surface area contributed by atoms with Crippen LogP contribution in [0.15, 0.2) is 30.3 Å². The summed E-state index contributed by atoms with van der Waals surface area (Å²) in [6, 6.07) is 8.01.